The molecule has 0 amide bonds. The number of halogens is 6. The van der Waals surface area contributed by atoms with Gasteiger partial charge < -0.3 is 0 Å². The Labute approximate surface area is 139 Å². The molecule has 2 atom stereocenters. The maximum atomic E-state index is 12.9. The zero-order chi connectivity index (χ0) is 19.1. The van der Waals surface area contributed by atoms with Crippen molar-refractivity contribution in [2.45, 2.75) is 50.8 Å². The fourth-order valence-corrected chi connectivity index (χ4v) is 3.28. The van der Waals surface area contributed by atoms with Crippen molar-refractivity contribution in [1.29, 1.82) is 0 Å². The van der Waals surface area contributed by atoms with Crippen molar-refractivity contribution in [3.05, 3.63) is 34.9 Å². The lowest BCUT2D eigenvalue weighted by atomic mass is 10.0. The summed E-state index contributed by atoms with van der Waals surface area (Å²) in [4.78, 5) is 0. The molecule has 2 nitrogen and oxygen atoms in total. The van der Waals surface area contributed by atoms with Crippen LogP contribution in [-0.2, 0) is 23.3 Å². The molecule has 0 spiro atoms. The molecule has 0 aromatic heterocycles. The van der Waals surface area contributed by atoms with Gasteiger partial charge in [0.05, 0.1) is 26.9 Å². The monoisotopic (exact) mass is 375 g/mol. The van der Waals surface area contributed by atoms with Crippen LogP contribution in [-0.4, -0.2) is 20.3 Å². The smallest absolute Gasteiger partial charge is 0.242 e. The molecular weight excluding hydrogens is 356 g/mol. The summed E-state index contributed by atoms with van der Waals surface area (Å²) in [7, 11) is -0.195. The lowest BCUT2D eigenvalue weighted by Gasteiger charge is -2.31. The van der Waals surface area contributed by atoms with Crippen LogP contribution in [0.1, 0.15) is 50.4 Å². The highest BCUT2D eigenvalue weighted by molar-refractivity contribution is 7.84. The van der Waals surface area contributed by atoms with Gasteiger partial charge in [0.25, 0.3) is 0 Å². The summed E-state index contributed by atoms with van der Waals surface area (Å²) >= 11 is 0. The zero-order valence-electron chi connectivity index (χ0n) is 13.8. The summed E-state index contributed by atoms with van der Waals surface area (Å²) in [5, 5.41) is 0. The van der Waals surface area contributed by atoms with Crippen LogP contribution in [0.25, 0.3) is 0 Å². The van der Waals surface area contributed by atoms with Crippen molar-refractivity contribution < 1.29 is 30.6 Å². The van der Waals surface area contributed by atoms with E-state index >= 15 is 0 Å². The third kappa shape index (κ3) is 4.95. The highest BCUT2D eigenvalue weighted by atomic mass is 32.2. The summed E-state index contributed by atoms with van der Waals surface area (Å²) in [5.74, 6) is 0. The molecule has 24 heavy (non-hydrogen) atoms. The Kier molecular flexibility index (Phi) is 5.82. The van der Waals surface area contributed by atoms with Crippen LogP contribution in [0.3, 0.4) is 0 Å². The number of rotatable bonds is 3. The third-order valence-electron chi connectivity index (χ3n) is 3.42. The molecule has 1 aromatic rings. The summed E-state index contributed by atoms with van der Waals surface area (Å²) in [5.41, 5.74) is -2.96. The zero-order valence-corrected chi connectivity index (χ0v) is 14.7. The number of hydrogen-bond donors (Lipinski definition) is 0. The van der Waals surface area contributed by atoms with Crippen LogP contribution < -0.4 is 0 Å². The van der Waals surface area contributed by atoms with Crippen molar-refractivity contribution in [2.75, 3.05) is 7.05 Å². The topological polar surface area (TPSA) is 20.3 Å². The fraction of sp³-hybridized carbons (Fsp3) is 0.600. The lowest BCUT2D eigenvalue weighted by molar-refractivity contribution is -0.143. The van der Waals surface area contributed by atoms with E-state index in [-0.39, 0.29) is 11.6 Å². The first kappa shape index (κ1) is 21.0. The SMILES string of the molecule is C[C@@H](c1cc(C(F)(F)F)cc(C(F)(F)F)c1)N(C)[S@@](=O)C(C)(C)C. The van der Waals surface area contributed by atoms with Gasteiger partial charge in [-0.25, -0.2) is 8.51 Å². The van der Waals surface area contributed by atoms with E-state index < -0.39 is 45.3 Å². The molecule has 1 aromatic carbocycles. The van der Waals surface area contributed by atoms with Crippen LogP contribution in [0.15, 0.2) is 18.2 Å². The highest BCUT2D eigenvalue weighted by Crippen LogP contribution is 2.38. The van der Waals surface area contributed by atoms with E-state index in [1.807, 2.05) is 0 Å². The summed E-state index contributed by atoms with van der Waals surface area (Å²) in [6.45, 7) is 6.41. The first-order valence-electron chi connectivity index (χ1n) is 6.99. The van der Waals surface area contributed by atoms with Gasteiger partial charge in [-0.05, 0) is 51.5 Å². The second-order valence-electron chi connectivity index (χ2n) is 6.42. The number of benzene rings is 1. The molecule has 1 rings (SSSR count). The molecule has 0 bridgehead atoms. The van der Waals surface area contributed by atoms with E-state index in [0.717, 1.165) is 0 Å². The van der Waals surface area contributed by atoms with Gasteiger partial charge in [0.2, 0.25) is 0 Å². The summed E-state index contributed by atoms with van der Waals surface area (Å²) in [6.07, 6.45) is -9.81. The average molecular weight is 375 g/mol. The summed E-state index contributed by atoms with van der Waals surface area (Å²) in [6, 6.07) is 0.511. The van der Waals surface area contributed by atoms with E-state index in [0.29, 0.717) is 12.1 Å². The molecule has 9 heteroatoms. The van der Waals surface area contributed by atoms with Crippen LogP contribution >= 0.6 is 0 Å². The molecule has 0 aliphatic heterocycles. The van der Waals surface area contributed by atoms with Gasteiger partial charge in [-0.3, -0.25) is 0 Å². The van der Waals surface area contributed by atoms with Crippen molar-refractivity contribution in [2.24, 2.45) is 0 Å². The number of hydrogen-bond acceptors (Lipinski definition) is 1. The van der Waals surface area contributed by atoms with Crippen molar-refractivity contribution in [1.82, 2.24) is 4.31 Å². The molecular formula is C15H19F6NOS. The maximum absolute atomic E-state index is 12.9. The Balaban J connectivity index is 3.40. The van der Waals surface area contributed by atoms with Crippen LogP contribution in [0.5, 0.6) is 0 Å². The van der Waals surface area contributed by atoms with Crippen molar-refractivity contribution in [3.63, 3.8) is 0 Å². The highest BCUT2D eigenvalue weighted by Gasteiger charge is 2.38. The Morgan fingerprint density at radius 3 is 1.58 bits per heavy atom. The van der Waals surface area contributed by atoms with Crippen molar-refractivity contribution >= 4 is 11.0 Å². The largest absolute Gasteiger partial charge is 0.416 e. The normalized spacial score (nSPS) is 16.3. The van der Waals surface area contributed by atoms with Gasteiger partial charge in [-0.2, -0.15) is 26.3 Å². The Morgan fingerprint density at radius 2 is 1.29 bits per heavy atom. The van der Waals surface area contributed by atoms with E-state index in [1.165, 1.54) is 18.3 Å². The molecule has 0 aliphatic carbocycles. The average Bonchev–Trinajstić information content (AvgIpc) is 2.41. The predicted molar refractivity (Wildman–Crippen MR) is 80.5 cm³/mol. The second-order valence-corrected chi connectivity index (χ2v) is 8.72. The second kappa shape index (κ2) is 6.67. The molecule has 0 unspecified atom stereocenters. The van der Waals surface area contributed by atoms with Gasteiger partial charge >= 0.3 is 12.4 Å². The predicted octanol–water partition coefficient (Wildman–Crippen LogP) is 5.18. The number of nitrogens with zero attached hydrogens (tertiary/aromatic N) is 1. The van der Waals surface area contributed by atoms with E-state index in [2.05, 4.69) is 0 Å². The van der Waals surface area contributed by atoms with Gasteiger partial charge in [-0.15, -0.1) is 0 Å². The third-order valence-corrected chi connectivity index (χ3v) is 5.31. The first-order valence-corrected chi connectivity index (χ1v) is 8.10. The minimum atomic E-state index is -4.91. The molecule has 138 valence electrons. The summed E-state index contributed by atoms with van der Waals surface area (Å²) < 4.78 is 90.3. The Bertz CT molecular complexity index is 586. The lowest BCUT2D eigenvalue weighted by Crippen LogP contribution is -2.36. The van der Waals surface area contributed by atoms with Gasteiger partial charge in [0.15, 0.2) is 0 Å². The standard InChI is InChI=1S/C15H19F6NOS/c1-9(22(5)24(23)13(2,3)4)10-6-11(14(16,17)18)8-12(7-10)15(19,20)21/h6-9H,1-5H3/t9-,24-/m0/s1. The van der Waals surface area contributed by atoms with Crippen molar-refractivity contribution in [3.8, 4) is 0 Å². The molecule has 0 aliphatic rings. The Hall–Kier alpha value is -1.09. The van der Waals surface area contributed by atoms with Crippen LogP contribution in [0.4, 0.5) is 26.3 Å². The van der Waals surface area contributed by atoms with Gasteiger partial charge in [0, 0.05) is 13.1 Å². The fourth-order valence-electron chi connectivity index (χ4n) is 2.01. The molecule has 0 heterocycles. The van der Waals surface area contributed by atoms with Crippen LogP contribution in [0.2, 0.25) is 0 Å². The molecule has 0 radical (unpaired) electrons. The minimum absolute atomic E-state index is 0.0803. The minimum Gasteiger partial charge on any atom is -0.242 e. The van der Waals surface area contributed by atoms with E-state index in [9.17, 15) is 30.6 Å². The molecule has 0 N–H and O–H groups in total. The quantitative estimate of drug-likeness (QED) is 0.667. The van der Waals surface area contributed by atoms with Gasteiger partial charge in [0.1, 0.15) is 0 Å². The molecule has 0 saturated heterocycles. The number of alkyl halides is 6. The van der Waals surface area contributed by atoms with Gasteiger partial charge in [-0.1, -0.05) is 0 Å². The maximum Gasteiger partial charge on any atom is 0.416 e. The van der Waals surface area contributed by atoms with E-state index in [4.69, 9.17) is 0 Å². The molecule has 0 saturated carbocycles. The van der Waals surface area contributed by atoms with Crippen LogP contribution in [0, 0.1) is 0 Å². The van der Waals surface area contributed by atoms with E-state index in [1.54, 1.807) is 20.8 Å². The molecule has 0 fully saturated rings. The first-order chi connectivity index (χ1) is 10.5. The Morgan fingerprint density at radius 1 is 0.917 bits per heavy atom.